The number of carbonyl (C=O) groups excluding carboxylic acids is 1. The van der Waals surface area contributed by atoms with Crippen LogP contribution in [0.2, 0.25) is 0 Å². The first-order chi connectivity index (χ1) is 13.5. The normalized spacial score (nSPS) is 15.9. The van der Waals surface area contributed by atoms with Gasteiger partial charge < -0.3 is 19.6 Å². The highest BCUT2D eigenvalue weighted by Gasteiger charge is 2.39. The standard InChI is InChI=1S/C21H16BrNO5/c1-2-26-21(25)16-15(11-6-5-7-12(22)10-11)18-19(28-20(16)23)17(24)13-8-3-4-9-14(13)27-18/h3-10,15H,2,23H2,1H3. The summed E-state index contributed by atoms with van der Waals surface area (Å²) in [6, 6.07) is 14.2. The van der Waals surface area contributed by atoms with Gasteiger partial charge in [0.05, 0.1) is 17.9 Å². The smallest absolute Gasteiger partial charge is 0.340 e. The van der Waals surface area contributed by atoms with E-state index in [9.17, 15) is 9.59 Å². The second-order valence-corrected chi connectivity index (χ2v) is 7.12. The molecule has 2 N–H and O–H groups in total. The molecule has 2 heterocycles. The van der Waals surface area contributed by atoms with Crippen molar-refractivity contribution in [3.8, 4) is 5.75 Å². The van der Waals surface area contributed by atoms with Crippen LogP contribution in [0.4, 0.5) is 0 Å². The van der Waals surface area contributed by atoms with E-state index >= 15 is 0 Å². The van der Waals surface area contributed by atoms with Gasteiger partial charge in [-0.05, 0) is 36.8 Å². The molecule has 1 aliphatic rings. The molecule has 1 atom stereocenters. The van der Waals surface area contributed by atoms with E-state index in [1.54, 1.807) is 31.2 Å². The van der Waals surface area contributed by atoms with Gasteiger partial charge >= 0.3 is 5.97 Å². The first-order valence-electron chi connectivity index (χ1n) is 8.67. The summed E-state index contributed by atoms with van der Waals surface area (Å²) in [5.41, 5.74) is 6.94. The van der Waals surface area contributed by atoms with Crippen LogP contribution in [0.15, 0.2) is 73.7 Å². The van der Waals surface area contributed by atoms with Crippen LogP contribution in [0.1, 0.15) is 24.2 Å². The van der Waals surface area contributed by atoms with E-state index < -0.39 is 11.9 Å². The molecule has 28 heavy (non-hydrogen) atoms. The third-order valence-electron chi connectivity index (χ3n) is 4.49. The minimum absolute atomic E-state index is 0.0192. The third kappa shape index (κ3) is 2.97. The molecule has 0 amide bonds. The Hall–Kier alpha value is -3.06. The van der Waals surface area contributed by atoms with Crippen LogP contribution in [-0.2, 0) is 9.53 Å². The molecule has 0 radical (unpaired) electrons. The van der Waals surface area contributed by atoms with Crippen molar-refractivity contribution in [2.24, 2.45) is 5.73 Å². The van der Waals surface area contributed by atoms with Gasteiger partial charge in [0.15, 0.2) is 5.76 Å². The highest BCUT2D eigenvalue weighted by atomic mass is 79.9. The molecule has 142 valence electrons. The SMILES string of the molecule is CCOC(=O)C1=C(N)Oc2c(oc3ccccc3c2=O)C1c1cccc(Br)c1. The summed E-state index contributed by atoms with van der Waals surface area (Å²) >= 11 is 3.44. The lowest BCUT2D eigenvalue weighted by molar-refractivity contribution is -0.139. The van der Waals surface area contributed by atoms with Gasteiger partial charge in [-0.1, -0.05) is 40.2 Å². The molecule has 0 saturated heterocycles. The van der Waals surface area contributed by atoms with Crippen LogP contribution in [0.3, 0.4) is 0 Å². The van der Waals surface area contributed by atoms with Gasteiger partial charge in [0.25, 0.3) is 0 Å². The van der Waals surface area contributed by atoms with Crippen molar-refractivity contribution in [3.63, 3.8) is 0 Å². The minimum Gasteiger partial charge on any atom is -0.462 e. The van der Waals surface area contributed by atoms with E-state index in [1.165, 1.54) is 0 Å². The Balaban J connectivity index is 2.03. The molecular formula is C21H16BrNO5. The number of ether oxygens (including phenoxy) is 2. The molecule has 0 saturated carbocycles. The lowest BCUT2D eigenvalue weighted by Crippen LogP contribution is -2.30. The number of halogens is 1. The van der Waals surface area contributed by atoms with Crippen LogP contribution in [0.25, 0.3) is 11.0 Å². The Bertz CT molecular complexity index is 1180. The van der Waals surface area contributed by atoms with Crippen molar-refractivity contribution in [1.29, 1.82) is 0 Å². The number of rotatable bonds is 3. The first-order valence-corrected chi connectivity index (χ1v) is 9.46. The van der Waals surface area contributed by atoms with Gasteiger partial charge in [-0.2, -0.15) is 0 Å². The van der Waals surface area contributed by atoms with Gasteiger partial charge in [-0.3, -0.25) is 4.79 Å². The number of carbonyl (C=O) groups is 1. The van der Waals surface area contributed by atoms with Gasteiger partial charge in [0, 0.05) is 4.47 Å². The molecule has 0 bridgehead atoms. The Kier molecular flexibility index (Phi) is 4.68. The molecule has 0 spiro atoms. The highest BCUT2D eigenvalue weighted by molar-refractivity contribution is 9.10. The number of esters is 1. The lowest BCUT2D eigenvalue weighted by Gasteiger charge is -2.27. The number of para-hydroxylation sites is 1. The molecule has 0 aliphatic carbocycles. The van der Waals surface area contributed by atoms with Gasteiger partial charge in [0.1, 0.15) is 11.2 Å². The second kappa shape index (κ2) is 7.16. The number of hydrogen-bond donors (Lipinski definition) is 1. The lowest BCUT2D eigenvalue weighted by atomic mass is 9.86. The fraction of sp³-hybridized carbons (Fsp3) is 0.143. The Morgan fingerprint density at radius 3 is 2.75 bits per heavy atom. The summed E-state index contributed by atoms with van der Waals surface area (Å²) in [4.78, 5) is 25.6. The zero-order chi connectivity index (χ0) is 19.8. The van der Waals surface area contributed by atoms with Crippen LogP contribution < -0.4 is 15.9 Å². The van der Waals surface area contributed by atoms with E-state index in [2.05, 4.69) is 15.9 Å². The summed E-state index contributed by atoms with van der Waals surface area (Å²) in [7, 11) is 0. The molecule has 2 aromatic carbocycles. The molecule has 0 fully saturated rings. The van der Waals surface area contributed by atoms with Crippen molar-refractivity contribution >= 4 is 32.9 Å². The van der Waals surface area contributed by atoms with Crippen LogP contribution in [0.5, 0.6) is 5.75 Å². The predicted octanol–water partition coefficient (Wildman–Crippen LogP) is 3.81. The monoisotopic (exact) mass is 441 g/mol. The number of benzene rings is 2. The second-order valence-electron chi connectivity index (χ2n) is 6.21. The number of hydrogen-bond acceptors (Lipinski definition) is 6. The molecule has 1 aromatic heterocycles. The van der Waals surface area contributed by atoms with E-state index in [0.717, 1.165) is 4.47 Å². The Morgan fingerprint density at radius 2 is 2.00 bits per heavy atom. The van der Waals surface area contributed by atoms with E-state index in [-0.39, 0.29) is 35.0 Å². The Labute approximate surface area is 168 Å². The third-order valence-corrected chi connectivity index (χ3v) is 4.98. The quantitative estimate of drug-likeness (QED) is 0.621. The van der Waals surface area contributed by atoms with E-state index in [1.807, 2.05) is 24.3 Å². The van der Waals surface area contributed by atoms with E-state index in [0.29, 0.717) is 16.5 Å². The minimum atomic E-state index is -0.738. The maximum absolute atomic E-state index is 13.0. The van der Waals surface area contributed by atoms with Gasteiger partial charge in [-0.25, -0.2) is 4.79 Å². The fourth-order valence-corrected chi connectivity index (χ4v) is 3.72. The molecule has 3 aromatic rings. The summed E-state index contributed by atoms with van der Waals surface area (Å²) < 4.78 is 17.6. The molecule has 1 unspecified atom stereocenters. The van der Waals surface area contributed by atoms with Gasteiger partial charge in [-0.15, -0.1) is 0 Å². The topological polar surface area (TPSA) is 91.8 Å². The van der Waals surface area contributed by atoms with Crippen molar-refractivity contribution in [2.45, 2.75) is 12.8 Å². The van der Waals surface area contributed by atoms with Crippen molar-refractivity contribution in [1.82, 2.24) is 0 Å². The van der Waals surface area contributed by atoms with Crippen molar-refractivity contribution in [3.05, 3.63) is 86.0 Å². The van der Waals surface area contributed by atoms with Gasteiger partial charge in [0.2, 0.25) is 17.1 Å². The zero-order valence-corrected chi connectivity index (χ0v) is 16.5. The summed E-state index contributed by atoms with van der Waals surface area (Å²) in [6.07, 6.45) is 0. The molecule has 7 heteroatoms. The highest BCUT2D eigenvalue weighted by Crippen LogP contribution is 2.42. The van der Waals surface area contributed by atoms with Crippen LogP contribution in [-0.4, -0.2) is 12.6 Å². The van der Waals surface area contributed by atoms with Crippen LogP contribution in [0, 0.1) is 0 Å². The molecule has 4 rings (SSSR count). The maximum atomic E-state index is 13.0. The average molecular weight is 442 g/mol. The largest absolute Gasteiger partial charge is 0.462 e. The summed E-state index contributed by atoms with van der Waals surface area (Å²) in [5.74, 6) is -1.32. The first kappa shape index (κ1) is 18.3. The molecular weight excluding hydrogens is 426 g/mol. The summed E-state index contributed by atoms with van der Waals surface area (Å²) in [5, 5.41) is 0.377. The molecule has 6 nitrogen and oxygen atoms in total. The maximum Gasteiger partial charge on any atom is 0.340 e. The predicted molar refractivity (Wildman–Crippen MR) is 107 cm³/mol. The Morgan fingerprint density at radius 1 is 1.21 bits per heavy atom. The molecule has 1 aliphatic heterocycles. The summed E-state index contributed by atoms with van der Waals surface area (Å²) in [6.45, 7) is 1.88. The van der Waals surface area contributed by atoms with Crippen LogP contribution >= 0.6 is 15.9 Å². The van der Waals surface area contributed by atoms with E-state index in [4.69, 9.17) is 19.6 Å². The van der Waals surface area contributed by atoms with Crippen molar-refractivity contribution < 1.29 is 18.7 Å². The number of fused-ring (bicyclic) bond motifs is 2. The fourth-order valence-electron chi connectivity index (χ4n) is 3.30. The average Bonchev–Trinajstić information content (AvgIpc) is 2.68. The van der Waals surface area contributed by atoms with Crippen molar-refractivity contribution in [2.75, 3.05) is 6.61 Å². The zero-order valence-electron chi connectivity index (χ0n) is 14.9. The number of nitrogens with two attached hydrogens (primary N) is 1.